The van der Waals surface area contributed by atoms with E-state index in [0.29, 0.717) is 17.8 Å². The standard InChI is InChI=1S/C31H38FN3O4S/c1-5-6-20-33-31(37)24(4)34(21-25-12-16-27(32)17-13-25)30(36)22-35(28-18-14-26(15-19-28)23(2)3)40(38,39)29-10-8-7-9-11-29/h7-19,23-24H,5-6,20-22H2,1-4H3,(H,33,37). The highest BCUT2D eigenvalue weighted by Crippen LogP contribution is 2.26. The normalized spacial score (nSPS) is 12.2. The molecule has 9 heteroatoms. The first-order valence-electron chi connectivity index (χ1n) is 13.5. The van der Waals surface area contributed by atoms with Crippen LogP contribution in [-0.2, 0) is 26.2 Å². The molecule has 7 nitrogen and oxygen atoms in total. The molecule has 0 aliphatic carbocycles. The van der Waals surface area contributed by atoms with E-state index in [9.17, 15) is 22.4 Å². The minimum absolute atomic E-state index is 0.00693. The molecule has 3 rings (SSSR count). The quantitative estimate of drug-likeness (QED) is 0.277. The summed E-state index contributed by atoms with van der Waals surface area (Å²) in [5.74, 6) is -1.08. The number of hydrogen-bond acceptors (Lipinski definition) is 4. The zero-order valence-electron chi connectivity index (χ0n) is 23.5. The summed E-state index contributed by atoms with van der Waals surface area (Å²) in [5, 5.41) is 2.85. The number of nitrogens with zero attached hydrogens (tertiary/aromatic N) is 2. The Morgan fingerprint density at radius 2 is 1.52 bits per heavy atom. The topological polar surface area (TPSA) is 86.8 Å². The average Bonchev–Trinajstić information content (AvgIpc) is 2.95. The third kappa shape index (κ3) is 7.91. The molecule has 0 fully saturated rings. The number of carbonyl (C=O) groups is 2. The predicted molar refractivity (Wildman–Crippen MR) is 156 cm³/mol. The van der Waals surface area contributed by atoms with Crippen molar-refractivity contribution in [2.45, 2.75) is 63.9 Å². The molecule has 0 heterocycles. The fourth-order valence-electron chi connectivity index (χ4n) is 4.18. The molecule has 214 valence electrons. The molecule has 0 aromatic heterocycles. The van der Waals surface area contributed by atoms with E-state index in [-0.39, 0.29) is 23.3 Å². The Hall–Kier alpha value is -3.72. The molecule has 0 bridgehead atoms. The molecule has 0 radical (unpaired) electrons. The van der Waals surface area contributed by atoms with Crippen LogP contribution in [0.2, 0.25) is 0 Å². The lowest BCUT2D eigenvalue weighted by molar-refractivity contribution is -0.139. The van der Waals surface area contributed by atoms with Crippen molar-refractivity contribution in [3.63, 3.8) is 0 Å². The molecule has 1 unspecified atom stereocenters. The van der Waals surface area contributed by atoms with Crippen LogP contribution in [0.4, 0.5) is 10.1 Å². The van der Waals surface area contributed by atoms with E-state index >= 15 is 0 Å². The smallest absolute Gasteiger partial charge is 0.264 e. The largest absolute Gasteiger partial charge is 0.354 e. The Balaban J connectivity index is 1.99. The van der Waals surface area contributed by atoms with Crippen LogP contribution >= 0.6 is 0 Å². The van der Waals surface area contributed by atoms with E-state index in [1.54, 1.807) is 49.4 Å². The minimum atomic E-state index is -4.12. The van der Waals surface area contributed by atoms with Gasteiger partial charge in [0, 0.05) is 13.1 Å². The van der Waals surface area contributed by atoms with E-state index in [4.69, 9.17) is 0 Å². The Kier molecular flexibility index (Phi) is 10.8. The molecule has 0 aliphatic heterocycles. The SMILES string of the molecule is CCCCNC(=O)C(C)N(Cc1ccc(F)cc1)C(=O)CN(c1ccc(C(C)C)cc1)S(=O)(=O)c1ccccc1. The van der Waals surface area contributed by atoms with E-state index in [1.807, 2.05) is 32.9 Å². The van der Waals surface area contributed by atoms with Gasteiger partial charge in [0.1, 0.15) is 18.4 Å². The van der Waals surface area contributed by atoms with Crippen LogP contribution in [0.15, 0.2) is 83.8 Å². The summed E-state index contributed by atoms with van der Waals surface area (Å²) >= 11 is 0. The highest BCUT2D eigenvalue weighted by molar-refractivity contribution is 7.92. The lowest BCUT2D eigenvalue weighted by Gasteiger charge is -2.32. The molecule has 40 heavy (non-hydrogen) atoms. The summed E-state index contributed by atoms with van der Waals surface area (Å²) in [6.07, 6.45) is 1.69. The van der Waals surface area contributed by atoms with Gasteiger partial charge < -0.3 is 10.2 Å². The summed E-state index contributed by atoms with van der Waals surface area (Å²) in [4.78, 5) is 28.3. The summed E-state index contributed by atoms with van der Waals surface area (Å²) in [6, 6.07) is 19.8. The minimum Gasteiger partial charge on any atom is -0.354 e. The molecule has 0 saturated heterocycles. The van der Waals surface area contributed by atoms with Gasteiger partial charge in [-0.05, 0) is 66.8 Å². The van der Waals surface area contributed by atoms with Gasteiger partial charge in [-0.3, -0.25) is 13.9 Å². The van der Waals surface area contributed by atoms with E-state index in [0.717, 1.165) is 22.7 Å². The molecule has 0 aliphatic rings. The van der Waals surface area contributed by atoms with Gasteiger partial charge in [0.2, 0.25) is 11.8 Å². The highest BCUT2D eigenvalue weighted by Gasteiger charge is 2.32. The molecule has 3 aromatic carbocycles. The van der Waals surface area contributed by atoms with E-state index in [2.05, 4.69) is 5.32 Å². The molecular formula is C31H38FN3O4S. The number of halogens is 1. The van der Waals surface area contributed by atoms with Crippen LogP contribution in [0.5, 0.6) is 0 Å². The van der Waals surface area contributed by atoms with E-state index in [1.165, 1.54) is 29.2 Å². The lowest BCUT2D eigenvalue weighted by atomic mass is 10.0. The molecule has 0 spiro atoms. The number of amides is 2. The van der Waals surface area contributed by atoms with Crippen molar-refractivity contribution in [3.8, 4) is 0 Å². The Morgan fingerprint density at radius 1 is 0.900 bits per heavy atom. The fourth-order valence-corrected chi connectivity index (χ4v) is 5.61. The van der Waals surface area contributed by atoms with Gasteiger partial charge >= 0.3 is 0 Å². The summed E-state index contributed by atoms with van der Waals surface area (Å²) < 4.78 is 42.3. The van der Waals surface area contributed by atoms with Gasteiger partial charge in [0.15, 0.2) is 0 Å². The zero-order valence-corrected chi connectivity index (χ0v) is 24.3. The number of sulfonamides is 1. The molecular weight excluding hydrogens is 529 g/mol. The van der Waals surface area contributed by atoms with Gasteiger partial charge in [-0.25, -0.2) is 12.8 Å². The van der Waals surface area contributed by atoms with Gasteiger partial charge in [0.25, 0.3) is 10.0 Å². The van der Waals surface area contributed by atoms with Crippen molar-refractivity contribution in [3.05, 3.63) is 95.8 Å². The van der Waals surface area contributed by atoms with E-state index < -0.39 is 34.3 Å². The second kappa shape index (κ2) is 14.1. The number of unbranched alkanes of at least 4 members (excludes halogenated alkanes) is 1. The third-order valence-corrected chi connectivity index (χ3v) is 8.51. The number of anilines is 1. The molecule has 3 aromatic rings. The Labute approximate surface area is 237 Å². The molecule has 1 atom stereocenters. The maximum absolute atomic E-state index is 13.9. The monoisotopic (exact) mass is 567 g/mol. The lowest BCUT2D eigenvalue weighted by Crippen LogP contribution is -2.51. The van der Waals surface area contributed by atoms with Crippen molar-refractivity contribution in [1.29, 1.82) is 0 Å². The first-order valence-corrected chi connectivity index (χ1v) is 15.0. The predicted octanol–water partition coefficient (Wildman–Crippen LogP) is 5.48. The number of hydrogen-bond donors (Lipinski definition) is 1. The summed E-state index contributed by atoms with van der Waals surface area (Å²) in [6.45, 7) is 7.65. The van der Waals surface area contributed by atoms with Crippen molar-refractivity contribution >= 4 is 27.5 Å². The second-order valence-corrected chi connectivity index (χ2v) is 11.9. The zero-order chi connectivity index (χ0) is 29.3. The Bertz CT molecular complexity index is 1360. The first kappa shape index (κ1) is 30.8. The van der Waals surface area contributed by atoms with Crippen LogP contribution in [0.25, 0.3) is 0 Å². The Morgan fingerprint density at radius 3 is 2.10 bits per heavy atom. The fraction of sp³-hybridized carbons (Fsp3) is 0.355. The number of benzene rings is 3. The number of nitrogens with one attached hydrogen (secondary N) is 1. The van der Waals surface area contributed by atoms with Gasteiger partial charge in [-0.2, -0.15) is 0 Å². The van der Waals surface area contributed by atoms with Gasteiger partial charge in [-0.15, -0.1) is 0 Å². The second-order valence-electron chi connectivity index (χ2n) is 10.0. The van der Waals surface area contributed by atoms with Crippen molar-refractivity contribution < 1.29 is 22.4 Å². The third-order valence-electron chi connectivity index (χ3n) is 6.72. The summed E-state index contributed by atoms with van der Waals surface area (Å²) in [5.41, 5.74) is 1.98. The van der Waals surface area contributed by atoms with Crippen LogP contribution < -0.4 is 9.62 Å². The van der Waals surface area contributed by atoms with Crippen LogP contribution in [0.1, 0.15) is 57.6 Å². The maximum Gasteiger partial charge on any atom is 0.264 e. The highest BCUT2D eigenvalue weighted by atomic mass is 32.2. The van der Waals surface area contributed by atoms with Crippen LogP contribution in [0.3, 0.4) is 0 Å². The summed E-state index contributed by atoms with van der Waals surface area (Å²) in [7, 11) is -4.12. The van der Waals surface area contributed by atoms with Crippen molar-refractivity contribution in [2.24, 2.45) is 0 Å². The molecule has 2 amide bonds. The van der Waals surface area contributed by atoms with Crippen LogP contribution in [0, 0.1) is 5.82 Å². The molecule has 0 saturated carbocycles. The van der Waals surface area contributed by atoms with Gasteiger partial charge in [-0.1, -0.05) is 69.7 Å². The first-order chi connectivity index (χ1) is 19.0. The average molecular weight is 568 g/mol. The number of carbonyl (C=O) groups excluding carboxylic acids is 2. The number of rotatable bonds is 13. The van der Waals surface area contributed by atoms with Crippen molar-refractivity contribution in [1.82, 2.24) is 10.2 Å². The van der Waals surface area contributed by atoms with Gasteiger partial charge in [0.05, 0.1) is 10.6 Å². The maximum atomic E-state index is 13.9. The van der Waals surface area contributed by atoms with Crippen molar-refractivity contribution in [2.75, 3.05) is 17.4 Å². The van der Waals surface area contributed by atoms with Crippen LogP contribution in [-0.4, -0.2) is 44.3 Å². The molecule has 1 N–H and O–H groups in total.